The summed E-state index contributed by atoms with van der Waals surface area (Å²) in [6.07, 6.45) is 3.94. The van der Waals surface area contributed by atoms with Crippen LogP contribution >= 0.6 is 0 Å². The Morgan fingerprint density at radius 3 is 3.14 bits per heavy atom. The molecular formula is C10H12N2O2. The number of aliphatic carboxylic acids is 1. The van der Waals surface area contributed by atoms with Gasteiger partial charge in [0.1, 0.15) is 5.82 Å². The minimum Gasteiger partial charge on any atom is -0.481 e. The molecule has 0 amide bonds. The van der Waals surface area contributed by atoms with E-state index in [0.29, 0.717) is 13.0 Å². The van der Waals surface area contributed by atoms with Crippen LogP contribution in [0.2, 0.25) is 0 Å². The van der Waals surface area contributed by atoms with E-state index in [-0.39, 0.29) is 5.92 Å². The van der Waals surface area contributed by atoms with E-state index in [0.717, 1.165) is 18.7 Å². The number of imidazole rings is 1. The lowest BCUT2D eigenvalue weighted by Crippen LogP contribution is -2.15. The highest BCUT2D eigenvalue weighted by molar-refractivity contribution is 5.70. The predicted octanol–water partition coefficient (Wildman–Crippen LogP) is 0.629. The Labute approximate surface area is 81.6 Å². The molecule has 0 saturated heterocycles. The summed E-state index contributed by atoms with van der Waals surface area (Å²) in [6, 6.07) is 0. The molecule has 2 aliphatic rings. The maximum Gasteiger partial charge on any atom is 0.308 e. The number of hydrogen-bond donors (Lipinski definition) is 1. The molecule has 1 N–H and O–H groups in total. The Kier molecular flexibility index (Phi) is 1.48. The SMILES string of the molecule is O=C(O)C1Cc2nc3c(n2C1)CCC3. The number of rotatable bonds is 1. The average molecular weight is 192 g/mol. The molecule has 1 aliphatic heterocycles. The van der Waals surface area contributed by atoms with Gasteiger partial charge in [0.05, 0.1) is 11.6 Å². The van der Waals surface area contributed by atoms with E-state index in [2.05, 4.69) is 9.55 Å². The normalized spacial score (nSPS) is 23.6. The summed E-state index contributed by atoms with van der Waals surface area (Å²) in [5, 5.41) is 8.91. The molecule has 4 heteroatoms. The molecule has 1 atom stereocenters. The van der Waals surface area contributed by atoms with Crippen LogP contribution in [0, 0.1) is 5.92 Å². The highest BCUT2D eigenvalue weighted by Gasteiger charge is 2.32. The van der Waals surface area contributed by atoms with Crippen LogP contribution in [0.1, 0.15) is 23.6 Å². The third kappa shape index (κ3) is 0.937. The Morgan fingerprint density at radius 2 is 2.36 bits per heavy atom. The number of aromatic nitrogens is 2. The zero-order valence-electron chi connectivity index (χ0n) is 7.86. The fourth-order valence-corrected chi connectivity index (χ4v) is 2.54. The zero-order chi connectivity index (χ0) is 9.71. The lowest BCUT2D eigenvalue weighted by atomic mass is 10.1. The fraction of sp³-hybridized carbons (Fsp3) is 0.600. The van der Waals surface area contributed by atoms with Crippen LogP contribution in [-0.2, 0) is 30.6 Å². The van der Waals surface area contributed by atoms with Crippen molar-refractivity contribution in [1.82, 2.24) is 9.55 Å². The second kappa shape index (κ2) is 2.59. The van der Waals surface area contributed by atoms with E-state index < -0.39 is 5.97 Å². The van der Waals surface area contributed by atoms with Crippen molar-refractivity contribution in [3.05, 3.63) is 17.2 Å². The van der Waals surface area contributed by atoms with Crippen molar-refractivity contribution < 1.29 is 9.90 Å². The third-order valence-electron chi connectivity index (χ3n) is 3.24. The summed E-state index contributed by atoms with van der Waals surface area (Å²) in [4.78, 5) is 15.3. The van der Waals surface area contributed by atoms with Gasteiger partial charge in [0, 0.05) is 18.7 Å². The highest BCUT2D eigenvalue weighted by Crippen LogP contribution is 2.29. The predicted molar refractivity (Wildman–Crippen MR) is 49.1 cm³/mol. The van der Waals surface area contributed by atoms with Crippen LogP contribution in [-0.4, -0.2) is 20.6 Å². The van der Waals surface area contributed by atoms with Crippen molar-refractivity contribution in [3.63, 3.8) is 0 Å². The van der Waals surface area contributed by atoms with Gasteiger partial charge >= 0.3 is 5.97 Å². The molecule has 0 radical (unpaired) electrons. The minimum absolute atomic E-state index is 0.247. The number of nitrogens with zero attached hydrogens (tertiary/aromatic N) is 2. The van der Waals surface area contributed by atoms with E-state index in [1.54, 1.807) is 0 Å². The first-order chi connectivity index (χ1) is 6.75. The number of fused-ring (bicyclic) bond motifs is 3. The molecule has 2 heterocycles. The van der Waals surface area contributed by atoms with Gasteiger partial charge in [0.15, 0.2) is 0 Å². The lowest BCUT2D eigenvalue weighted by Gasteiger charge is -2.03. The summed E-state index contributed by atoms with van der Waals surface area (Å²) >= 11 is 0. The second-order valence-electron chi connectivity index (χ2n) is 4.12. The molecule has 0 fully saturated rings. The standard InChI is InChI=1S/C10H12N2O2/c13-10(14)6-4-9-11-7-2-1-3-8(7)12(9)5-6/h6H,1-5H2,(H,13,14). The molecule has 1 aromatic rings. The van der Waals surface area contributed by atoms with Crippen molar-refractivity contribution in [2.24, 2.45) is 5.92 Å². The lowest BCUT2D eigenvalue weighted by molar-refractivity contribution is -0.141. The van der Waals surface area contributed by atoms with Crippen molar-refractivity contribution in [1.29, 1.82) is 0 Å². The van der Waals surface area contributed by atoms with E-state index >= 15 is 0 Å². The third-order valence-corrected chi connectivity index (χ3v) is 3.24. The second-order valence-corrected chi connectivity index (χ2v) is 4.12. The van der Waals surface area contributed by atoms with Crippen molar-refractivity contribution in [3.8, 4) is 0 Å². The summed E-state index contributed by atoms with van der Waals surface area (Å²) in [5.74, 6) is 0.0488. The van der Waals surface area contributed by atoms with Crippen LogP contribution in [0.3, 0.4) is 0 Å². The summed E-state index contributed by atoms with van der Waals surface area (Å²) in [6.45, 7) is 0.632. The fourth-order valence-electron chi connectivity index (χ4n) is 2.54. The van der Waals surface area contributed by atoms with Crippen LogP contribution in [0.4, 0.5) is 0 Å². The van der Waals surface area contributed by atoms with Gasteiger partial charge in [0.25, 0.3) is 0 Å². The number of hydrogen-bond acceptors (Lipinski definition) is 2. The Balaban J connectivity index is 1.97. The summed E-state index contributed by atoms with van der Waals surface area (Å²) < 4.78 is 2.13. The molecule has 0 bridgehead atoms. The number of carboxylic acid groups (broad SMARTS) is 1. The molecule has 3 rings (SSSR count). The van der Waals surface area contributed by atoms with E-state index in [4.69, 9.17) is 5.11 Å². The first kappa shape index (κ1) is 8.03. The molecule has 0 aromatic carbocycles. The van der Waals surface area contributed by atoms with Gasteiger partial charge in [-0.05, 0) is 19.3 Å². The first-order valence-electron chi connectivity index (χ1n) is 5.05. The Morgan fingerprint density at radius 1 is 1.50 bits per heavy atom. The quantitative estimate of drug-likeness (QED) is 0.710. The largest absolute Gasteiger partial charge is 0.481 e. The molecule has 1 aromatic heterocycles. The van der Waals surface area contributed by atoms with Gasteiger partial charge in [-0.1, -0.05) is 0 Å². The maximum atomic E-state index is 10.8. The van der Waals surface area contributed by atoms with Crippen LogP contribution in [0.15, 0.2) is 0 Å². The summed E-state index contributed by atoms with van der Waals surface area (Å²) in [7, 11) is 0. The van der Waals surface area contributed by atoms with Crippen LogP contribution in [0.5, 0.6) is 0 Å². The molecule has 0 spiro atoms. The van der Waals surface area contributed by atoms with Crippen molar-refractivity contribution in [2.45, 2.75) is 32.2 Å². The van der Waals surface area contributed by atoms with Gasteiger partial charge in [-0.3, -0.25) is 4.79 Å². The van der Waals surface area contributed by atoms with E-state index in [1.807, 2.05) is 0 Å². The molecule has 14 heavy (non-hydrogen) atoms. The van der Waals surface area contributed by atoms with E-state index in [9.17, 15) is 4.79 Å². The number of aryl methyl sites for hydroxylation is 1. The van der Waals surface area contributed by atoms with Gasteiger partial charge in [-0.15, -0.1) is 0 Å². The number of carbonyl (C=O) groups is 1. The molecule has 1 unspecified atom stereocenters. The van der Waals surface area contributed by atoms with E-state index in [1.165, 1.54) is 17.8 Å². The van der Waals surface area contributed by atoms with Crippen LogP contribution in [0.25, 0.3) is 0 Å². The van der Waals surface area contributed by atoms with Gasteiger partial charge < -0.3 is 9.67 Å². The van der Waals surface area contributed by atoms with Gasteiger partial charge in [-0.2, -0.15) is 0 Å². The monoisotopic (exact) mass is 192 g/mol. The highest BCUT2D eigenvalue weighted by atomic mass is 16.4. The smallest absolute Gasteiger partial charge is 0.308 e. The molecule has 0 saturated carbocycles. The van der Waals surface area contributed by atoms with Crippen molar-refractivity contribution in [2.75, 3.05) is 0 Å². The number of carboxylic acids is 1. The van der Waals surface area contributed by atoms with Gasteiger partial charge in [-0.25, -0.2) is 4.98 Å². The molecule has 74 valence electrons. The zero-order valence-corrected chi connectivity index (χ0v) is 7.86. The average Bonchev–Trinajstić information content (AvgIpc) is 2.70. The van der Waals surface area contributed by atoms with Crippen LogP contribution < -0.4 is 0 Å². The van der Waals surface area contributed by atoms with Gasteiger partial charge in [0.2, 0.25) is 0 Å². The Bertz CT molecular complexity index is 408. The molecular weight excluding hydrogens is 180 g/mol. The maximum absolute atomic E-state index is 10.8. The molecule has 4 nitrogen and oxygen atoms in total. The minimum atomic E-state index is -0.692. The first-order valence-corrected chi connectivity index (χ1v) is 5.05. The topological polar surface area (TPSA) is 55.1 Å². The molecule has 1 aliphatic carbocycles. The van der Waals surface area contributed by atoms with Crippen molar-refractivity contribution >= 4 is 5.97 Å². The summed E-state index contributed by atoms with van der Waals surface area (Å²) in [5.41, 5.74) is 2.51. The Hall–Kier alpha value is -1.32.